The molecule has 4 heteroatoms. The molecule has 0 aliphatic rings. The van der Waals surface area contributed by atoms with Gasteiger partial charge in [0, 0.05) is 57.0 Å². The van der Waals surface area contributed by atoms with Gasteiger partial charge in [0.15, 0.2) is 0 Å². The molecule has 0 saturated heterocycles. The highest BCUT2D eigenvalue weighted by molar-refractivity contribution is 6.22. The minimum absolute atomic E-state index is 1.05. The van der Waals surface area contributed by atoms with Crippen molar-refractivity contribution in [2.75, 3.05) is 4.90 Å². The molecule has 53 heavy (non-hydrogen) atoms. The Morgan fingerprint density at radius 2 is 0.887 bits per heavy atom. The van der Waals surface area contributed by atoms with Gasteiger partial charge in [0.2, 0.25) is 0 Å². The quantitative estimate of drug-likeness (QED) is 0.168. The molecule has 0 atom stereocenters. The van der Waals surface area contributed by atoms with Crippen molar-refractivity contribution in [1.29, 1.82) is 0 Å². The van der Waals surface area contributed by atoms with Gasteiger partial charge in [-0.3, -0.25) is 14.1 Å². The number of fused-ring (bicyclic) bond motifs is 5. The van der Waals surface area contributed by atoms with Gasteiger partial charge >= 0.3 is 0 Å². The summed E-state index contributed by atoms with van der Waals surface area (Å²) in [5.74, 6) is 0. The van der Waals surface area contributed by atoms with E-state index in [1.165, 1.54) is 38.3 Å². The third-order valence-corrected chi connectivity index (χ3v) is 10.2. The molecule has 7 aromatic carbocycles. The Bertz CT molecular complexity index is 2860. The van der Waals surface area contributed by atoms with Crippen molar-refractivity contribution >= 4 is 49.9 Å². The van der Waals surface area contributed by atoms with Crippen LogP contribution in [0.3, 0.4) is 0 Å². The van der Waals surface area contributed by atoms with Crippen LogP contribution in [0, 0.1) is 0 Å². The Hall–Kier alpha value is -7.17. The summed E-state index contributed by atoms with van der Waals surface area (Å²) in [7, 11) is 0. The molecule has 250 valence electrons. The maximum absolute atomic E-state index is 4.32. The van der Waals surface area contributed by atoms with Gasteiger partial charge in [-0.1, -0.05) is 121 Å². The zero-order valence-electron chi connectivity index (χ0n) is 28.9. The van der Waals surface area contributed by atoms with E-state index in [-0.39, 0.29) is 0 Å². The molecule has 4 nitrogen and oxygen atoms in total. The number of nitrogens with zero attached hydrogens (tertiary/aromatic N) is 4. The lowest BCUT2D eigenvalue weighted by atomic mass is 10.0. The number of para-hydroxylation sites is 3. The molecule has 0 N–H and O–H groups in total. The molecule has 10 rings (SSSR count). The Labute approximate surface area is 308 Å². The third kappa shape index (κ3) is 5.28. The van der Waals surface area contributed by atoms with Crippen molar-refractivity contribution in [2.24, 2.45) is 0 Å². The van der Waals surface area contributed by atoms with E-state index in [4.69, 9.17) is 0 Å². The molecule has 0 saturated carbocycles. The Kier molecular flexibility index (Phi) is 7.43. The molecule has 0 aliphatic heterocycles. The van der Waals surface area contributed by atoms with Gasteiger partial charge in [-0.25, -0.2) is 0 Å². The van der Waals surface area contributed by atoms with Crippen LogP contribution in [0.2, 0.25) is 0 Å². The number of benzene rings is 7. The second-order valence-corrected chi connectivity index (χ2v) is 13.3. The first-order valence-corrected chi connectivity index (χ1v) is 18.0. The summed E-state index contributed by atoms with van der Waals surface area (Å²) in [4.78, 5) is 6.62. The van der Waals surface area contributed by atoms with Gasteiger partial charge in [-0.2, -0.15) is 0 Å². The highest BCUT2D eigenvalue weighted by Crippen LogP contribution is 2.43. The second kappa shape index (κ2) is 12.9. The molecule has 0 fully saturated rings. The zero-order valence-corrected chi connectivity index (χ0v) is 28.9. The molecule has 3 aromatic heterocycles. The summed E-state index contributed by atoms with van der Waals surface area (Å²) in [5.41, 5.74) is 13.7. The van der Waals surface area contributed by atoms with Crippen molar-refractivity contribution in [3.8, 4) is 33.6 Å². The predicted molar refractivity (Wildman–Crippen MR) is 221 cm³/mol. The molecule has 0 amide bonds. The molecule has 0 spiro atoms. The number of aromatic nitrogens is 3. The summed E-state index contributed by atoms with van der Waals surface area (Å²) in [5, 5.41) is 3.73. The monoisotopic (exact) mass is 678 g/mol. The molecular weight excluding hydrogens is 645 g/mol. The van der Waals surface area contributed by atoms with Gasteiger partial charge in [-0.05, 0) is 95.1 Å². The first-order chi connectivity index (χ1) is 26.3. The fourth-order valence-corrected chi connectivity index (χ4v) is 7.80. The molecule has 0 aliphatic carbocycles. The van der Waals surface area contributed by atoms with Crippen molar-refractivity contribution in [1.82, 2.24) is 14.1 Å². The SMILES string of the molecule is c1ccc(-c2ccc(N(c3ccncc3)c3cccc(-c4ccc5c6c7ccccc7n(-c7ccccc7)c6n(-c6ccccc6)c5c4)c3)cc2)cc1. The van der Waals surface area contributed by atoms with Gasteiger partial charge in [-0.15, -0.1) is 0 Å². The summed E-state index contributed by atoms with van der Waals surface area (Å²) >= 11 is 0. The first-order valence-electron chi connectivity index (χ1n) is 18.0. The third-order valence-electron chi connectivity index (χ3n) is 10.2. The lowest BCUT2D eigenvalue weighted by Gasteiger charge is -2.26. The molecular formula is C49H34N4. The largest absolute Gasteiger partial charge is 0.310 e. The average Bonchev–Trinajstić information content (AvgIpc) is 3.75. The normalized spacial score (nSPS) is 11.4. The number of rotatable bonds is 7. The van der Waals surface area contributed by atoms with E-state index < -0.39 is 0 Å². The van der Waals surface area contributed by atoms with Crippen LogP contribution in [0.4, 0.5) is 17.1 Å². The van der Waals surface area contributed by atoms with E-state index in [0.717, 1.165) is 45.2 Å². The van der Waals surface area contributed by atoms with E-state index in [1.54, 1.807) is 0 Å². The van der Waals surface area contributed by atoms with E-state index >= 15 is 0 Å². The Morgan fingerprint density at radius 1 is 0.358 bits per heavy atom. The fourth-order valence-electron chi connectivity index (χ4n) is 7.80. The van der Waals surface area contributed by atoms with Crippen LogP contribution in [0.1, 0.15) is 0 Å². The van der Waals surface area contributed by atoms with Crippen LogP contribution in [-0.2, 0) is 0 Å². The summed E-state index contributed by atoms with van der Waals surface area (Å²) < 4.78 is 4.84. The van der Waals surface area contributed by atoms with Crippen LogP contribution in [0.15, 0.2) is 207 Å². The molecule has 3 heterocycles. The van der Waals surface area contributed by atoms with Gasteiger partial charge in [0.1, 0.15) is 5.65 Å². The minimum Gasteiger partial charge on any atom is -0.310 e. The lowest BCUT2D eigenvalue weighted by Crippen LogP contribution is -2.10. The van der Waals surface area contributed by atoms with Crippen molar-refractivity contribution in [3.63, 3.8) is 0 Å². The average molecular weight is 679 g/mol. The zero-order chi connectivity index (χ0) is 35.1. The van der Waals surface area contributed by atoms with Crippen LogP contribution >= 0.6 is 0 Å². The van der Waals surface area contributed by atoms with Crippen LogP contribution in [-0.4, -0.2) is 14.1 Å². The summed E-state index contributed by atoms with van der Waals surface area (Å²) in [6, 6.07) is 69.4. The number of anilines is 3. The molecule has 0 unspecified atom stereocenters. The summed E-state index contributed by atoms with van der Waals surface area (Å²) in [6.07, 6.45) is 3.71. The predicted octanol–water partition coefficient (Wildman–Crippen LogP) is 12.9. The smallest absolute Gasteiger partial charge is 0.131 e. The fraction of sp³-hybridized carbons (Fsp3) is 0. The number of hydrogen-bond donors (Lipinski definition) is 0. The van der Waals surface area contributed by atoms with Gasteiger partial charge < -0.3 is 4.90 Å². The van der Waals surface area contributed by atoms with Gasteiger partial charge in [0.25, 0.3) is 0 Å². The van der Waals surface area contributed by atoms with Crippen LogP contribution in [0.5, 0.6) is 0 Å². The molecule has 0 bridgehead atoms. The van der Waals surface area contributed by atoms with E-state index in [9.17, 15) is 0 Å². The topological polar surface area (TPSA) is 26.0 Å². The maximum Gasteiger partial charge on any atom is 0.131 e. The van der Waals surface area contributed by atoms with Crippen LogP contribution < -0.4 is 4.90 Å². The first kappa shape index (κ1) is 30.6. The standard InChI is InChI=1S/C49H34N4/c1-4-13-35(14-5-1)36-23-26-41(27-24-36)51(42-29-31-50-32-30-42)43-20-12-15-37(33-43)38-25-28-45-47(34-38)53(40-18-8-3-9-19-40)49-48(45)44-21-10-11-22-46(44)52(49)39-16-6-2-7-17-39/h1-34H. The van der Waals surface area contributed by atoms with E-state index in [2.05, 4.69) is 213 Å². The minimum atomic E-state index is 1.05. The van der Waals surface area contributed by atoms with E-state index in [1.807, 2.05) is 12.4 Å². The molecule has 10 aromatic rings. The molecule has 0 radical (unpaired) electrons. The maximum atomic E-state index is 4.32. The summed E-state index contributed by atoms with van der Waals surface area (Å²) in [6.45, 7) is 0. The van der Waals surface area contributed by atoms with Crippen molar-refractivity contribution in [2.45, 2.75) is 0 Å². The number of pyridine rings is 1. The van der Waals surface area contributed by atoms with Gasteiger partial charge in [0.05, 0.1) is 11.0 Å². The van der Waals surface area contributed by atoms with E-state index in [0.29, 0.717) is 0 Å². The number of hydrogen-bond acceptors (Lipinski definition) is 2. The highest BCUT2D eigenvalue weighted by atomic mass is 15.1. The Morgan fingerprint density at radius 3 is 1.60 bits per heavy atom. The Balaban J connectivity index is 1.16. The van der Waals surface area contributed by atoms with Crippen LogP contribution in [0.25, 0.3) is 66.5 Å². The second-order valence-electron chi connectivity index (χ2n) is 13.3. The lowest BCUT2D eigenvalue weighted by molar-refractivity contribution is 1.07. The highest BCUT2D eigenvalue weighted by Gasteiger charge is 2.22. The van der Waals surface area contributed by atoms with Crippen molar-refractivity contribution in [3.05, 3.63) is 207 Å². The van der Waals surface area contributed by atoms with Crippen molar-refractivity contribution < 1.29 is 0 Å².